The van der Waals surface area contributed by atoms with Crippen LogP contribution in [-0.2, 0) is 53.5 Å². The molecule has 7 N–H and O–H groups in total. The Bertz CT molecular complexity index is 2100. The third kappa shape index (κ3) is 8.22. The molecule has 2 amide bonds. The molecule has 22 heteroatoms. The number of nitrogens with two attached hydrogens (primary N) is 2. The molecule has 2 fully saturated rings. The standard InChI is InChI=1S/C32H39N9O11S2/c1-32(2)23(29(44)41(32)52-54(47,48)49)9-25(42)27(24-17-53-31(34)36-24)37-51-26(30(45)46)16-50-21-4-5-22-19(8-21)13-40(28(22)43)20-14-38(7-3-6-33)39(15-20)12-18-10-35-11-18/h4-5,8,14-15,17-18,23,26,35H,3,6-7,9-13,16,33H2,1-2H3,(H3-,34,36,45,46,47,48,49)/p+1/b37-27-/t23-,26+/m1/s1. The van der Waals surface area contributed by atoms with Crippen molar-refractivity contribution >= 4 is 61.8 Å². The summed E-state index contributed by atoms with van der Waals surface area (Å²) >= 11 is 0.973. The lowest BCUT2D eigenvalue weighted by atomic mass is 9.74. The number of hydrogen-bond donors (Lipinski definition) is 5. The number of hydrogen-bond acceptors (Lipinski definition) is 15. The Balaban J connectivity index is 1.13. The molecule has 5 heterocycles. The molecule has 20 nitrogen and oxygen atoms in total. The van der Waals surface area contributed by atoms with Crippen molar-refractivity contribution in [3.8, 4) is 5.75 Å². The fourth-order valence-electron chi connectivity index (χ4n) is 6.29. The Kier molecular flexibility index (Phi) is 11.0. The van der Waals surface area contributed by atoms with Gasteiger partial charge in [-0.2, -0.15) is 18.2 Å². The topological polar surface area (TPSA) is 275 Å². The number of aliphatic carboxylic acids is 1. The molecule has 2 aromatic heterocycles. The van der Waals surface area contributed by atoms with Gasteiger partial charge >= 0.3 is 16.4 Å². The second kappa shape index (κ2) is 15.4. The molecule has 3 aliphatic heterocycles. The lowest BCUT2D eigenvalue weighted by Crippen LogP contribution is -2.68. The van der Waals surface area contributed by atoms with Crippen LogP contribution in [-0.4, -0.2) is 100.0 Å². The molecule has 3 aromatic rings. The average Bonchev–Trinajstić information content (AvgIpc) is 3.80. The molecule has 0 spiro atoms. The number of amides is 2. The van der Waals surface area contributed by atoms with Gasteiger partial charge in [-0.05, 0) is 50.6 Å². The molecule has 0 aliphatic carbocycles. The highest BCUT2D eigenvalue weighted by Gasteiger charge is 2.57. The smallest absolute Gasteiger partial charge is 0.418 e. The number of Topliss-reactive ketones (excluding diaryl/α,β-unsaturated/α-hetero) is 1. The number of nitrogens with zero attached hydrogens (tertiary/aromatic N) is 6. The summed E-state index contributed by atoms with van der Waals surface area (Å²) in [6.45, 7) is 6.47. The number of nitrogen functional groups attached to an aromatic ring is 1. The maximum absolute atomic E-state index is 13.5. The van der Waals surface area contributed by atoms with E-state index in [1.54, 1.807) is 17.0 Å². The number of ketones is 1. The number of aryl methyl sites for hydroxylation is 1. The van der Waals surface area contributed by atoms with E-state index >= 15 is 0 Å². The van der Waals surface area contributed by atoms with E-state index in [1.807, 2.05) is 12.4 Å². The zero-order valence-electron chi connectivity index (χ0n) is 29.3. The number of nitrogens with one attached hydrogen (secondary N) is 1. The van der Waals surface area contributed by atoms with E-state index in [1.165, 1.54) is 25.3 Å². The number of carbonyl (C=O) groups excluding carboxylic acids is 3. The number of rotatable bonds is 18. The number of carboxylic acid groups (broad SMARTS) is 1. The van der Waals surface area contributed by atoms with E-state index in [2.05, 4.69) is 29.1 Å². The van der Waals surface area contributed by atoms with Gasteiger partial charge < -0.3 is 31.5 Å². The first-order valence-corrected chi connectivity index (χ1v) is 19.1. The van der Waals surface area contributed by atoms with Crippen LogP contribution in [0.25, 0.3) is 0 Å². The first-order chi connectivity index (χ1) is 25.5. The lowest BCUT2D eigenvalue weighted by Gasteiger charge is -2.50. The van der Waals surface area contributed by atoms with Gasteiger partial charge in [0.05, 0.1) is 30.7 Å². The van der Waals surface area contributed by atoms with Crippen LogP contribution in [0.15, 0.2) is 41.1 Å². The largest absolute Gasteiger partial charge is 0.489 e. The molecule has 2 atom stereocenters. The van der Waals surface area contributed by atoms with Gasteiger partial charge in [-0.1, -0.05) is 5.16 Å². The zero-order valence-corrected chi connectivity index (χ0v) is 30.9. The Morgan fingerprint density at radius 3 is 2.63 bits per heavy atom. The number of thiazole rings is 1. The fourth-order valence-corrected chi connectivity index (χ4v) is 7.29. The lowest BCUT2D eigenvalue weighted by molar-refractivity contribution is -0.781. The highest BCUT2D eigenvalue weighted by Crippen LogP contribution is 2.41. The number of β-lactam (4-membered cyclic amide) rings is 1. The molecule has 0 radical (unpaired) electrons. The van der Waals surface area contributed by atoms with E-state index in [0.29, 0.717) is 35.2 Å². The number of aromatic nitrogens is 3. The van der Waals surface area contributed by atoms with Crippen LogP contribution in [0.4, 0.5) is 10.8 Å². The summed E-state index contributed by atoms with van der Waals surface area (Å²) in [5.41, 5.74) is 11.6. The quantitative estimate of drug-likeness (QED) is 0.0365. The minimum atomic E-state index is -5.01. The van der Waals surface area contributed by atoms with E-state index in [4.69, 9.17) is 25.6 Å². The SMILES string of the molecule is CC1(C)[C@H](CC(=O)/C(=N\O[C@@H](COc2ccc3c(c2)CN(c2cn(CCCN)[n+](CC4CNC4)c2)C3=O)C(=O)O)c2csc(N)n2)C(=O)N1OS(=O)(=O)O. The molecule has 0 unspecified atom stereocenters. The summed E-state index contributed by atoms with van der Waals surface area (Å²) in [4.78, 5) is 62.7. The summed E-state index contributed by atoms with van der Waals surface area (Å²) in [5, 5.41) is 18.9. The van der Waals surface area contributed by atoms with Gasteiger partial charge in [-0.25, -0.2) is 9.78 Å². The van der Waals surface area contributed by atoms with Gasteiger partial charge in [0.25, 0.3) is 17.9 Å². The Hall–Kier alpha value is -5.00. The number of carboxylic acids is 1. The van der Waals surface area contributed by atoms with Gasteiger partial charge in [0, 0.05) is 36.4 Å². The van der Waals surface area contributed by atoms with Crippen LogP contribution in [0.1, 0.15) is 48.3 Å². The molecule has 54 heavy (non-hydrogen) atoms. The highest BCUT2D eigenvalue weighted by atomic mass is 32.3. The maximum Gasteiger partial charge on any atom is 0.418 e. The molecule has 0 bridgehead atoms. The summed E-state index contributed by atoms with van der Waals surface area (Å²) in [6, 6.07) is 4.79. The van der Waals surface area contributed by atoms with Crippen molar-refractivity contribution in [1.29, 1.82) is 0 Å². The van der Waals surface area contributed by atoms with Crippen molar-refractivity contribution < 1.29 is 55.8 Å². The number of hydroxylamine groups is 2. The van der Waals surface area contributed by atoms with Gasteiger partial charge in [0.15, 0.2) is 23.2 Å². The van der Waals surface area contributed by atoms with Gasteiger partial charge in [0.1, 0.15) is 23.7 Å². The number of anilines is 2. The number of ether oxygens (including phenoxy) is 1. The summed E-state index contributed by atoms with van der Waals surface area (Å²) in [7, 11) is -5.01. The molecule has 290 valence electrons. The number of benzene rings is 1. The van der Waals surface area contributed by atoms with Crippen LogP contribution >= 0.6 is 11.3 Å². The van der Waals surface area contributed by atoms with E-state index in [0.717, 1.165) is 43.1 Å². The first-order valence-electron chi connectivity index (χ1n) is 16.9. The summed E-state index contributed by atoms with van der Waals surface area (Å²) in [5.74, 6) is -3.68. The average molecular weight is 791 g/mol. The van der Waals surface area contributed by atoms with Crippen molar-refractivity contribution in [3.05, 3.63) is 52.8 Å². The van der Waals surface area contributed by atoms with E-state index in [-0.39, 0.29) is 29.0 Å². The highest BCUT2D eigenvalue weighted by molar-refractivity contribution is 7.80. The zero-order chi connectivity index (χ0) is 38.9. The number of oxime groups is 1. The summed E-state index contributed by atoms with van der Waals surface area (Å²) < 4.78 is 45.7. The minimum Gasteiger partial charge on any atom is -0.489 e. The third-order valence-electron chi connectivity index (χ3n) is 9.40. The summed E-state index contributed by atoms with van der Waals surface area (Å²) in [6.07, 6.45) is 2.44. The Labute approximate surface area is 313 Å². The van der Waals surface area contributed by atoms with E-state index in [9.17, 15) is 32.7 Å². The van der Waals surface area contributed by atoms with Gasteiger partial charge in [-0.3, -0.25) is 23.8 Å². The van der Waals surface area contributed by atoms with Gasteiger partial charge in [-0.15, -0.1) is 20.3 Å². The fraction of sp³-hybridized carbons (Fsp3) is 0.469. The van der Waals surface area contributed by atoms with Crippen molar-refractivity contribution in [1.82, 2.24) is 20.0 Å². The van der Waals surface area contributed by atoms with Crippen molar-refractivity contribution in [2.24, 2.45) is 22.7 Å². The molecule has 1 aromatic carbocycles. The van der Waals surface area contributed by atoms with Crippen LogP contribution in [0.5, 0.6) is 5.75 Å². The molecule has 2 saturated heterocycles. The predicted octanol–water partition coefficient (Wildman–Crippen LogP) is -0.274. The van der Waals surface area contributed by atoms with Crippen molar-refractivity contribution in [3.63, 3.8) is 0 Å². The van der Waals surface area contributed by atoms with Crippen LogP contribution in [0, 0.1) is 11.8 Å². The first kappa shape index (κ1) is 38.7. The molecule has 6 rings (SSSR count). The Morgan fingerprint density at radius 2 is 2.02 bits per heavy atom. The van der Waals surface area contributed by atoms with Crippen LogP contribution < -0.4 is 31.1 Å². The number of carbonyl (C=O) groups is 4. The minimum absolute atomic E-state index is 0.0451. The number of fused-ring (bicyclic) bond motifs is 1. The normalized spacial score (nSPS) is 19.0. The van der Waals surface area contributed by atoms with Gasteiger partial charge in [0.2, 0.25) is 6.20 Å². The second-order valence-electron chi connectivity index (χ2n) is 13.6. The monoisotopic (exact) mass is 790 g/mol. The molecular formula is C32H40N9O11S2+. The van der Waals surface area contributed by atoms with Crippen molar-refractivity contribution in [2.45, 2.75) is 58.0 Å². The van der Waals surface area contributed by atoms with E-state index < -0.39 is 64.4 Å². The van der Waals surface area contributed by atoms with Crippen LogP contribution in [0.2, 0.25) is 0 Å². The second-order valence-corrected chi connectivity index (χ2v) is 15.5. The van der Waals surface area contributed by atoms with Crippen molar-refractivity contribution in [2.75, 3.05) is 36.9 Å². The third-order valence-corrected chi connectivity index (χ3v) is 10.4. The predicted molar refractivity (Wildman–Crippen MR) is 189 cm³/mol. The Morgan fingerprint density at radius 1 is 1.26 bits per heavy atom. The van der Waals surface area contributed by atoms with Crippen LogP contribution in [0.3, 0.4) is 0 Å². The molecular weight excluding hydrogens is 751 g/mol. The molecule has 0 saturated carbocycles. The maximum atomic E-state index is 13.5. The molecule has 3 aliphatic rings.